The molecular weight excluding hydrogens is 315 g/mol. The van der Waals surface area contributed by atoms with Crippen molar-refractivity contribution >= 4 is 22.6 Å². The van der Waals surface area contributed by atoms with Crippen molar-refractivity contribution in [1.82, 2.24) is 0 Å². The predicted molar refractivity (Wildman–Crippen MR) is 72.2 cm³/mol. The summed E-state index contributed by atoms with van der Waals surface area (Å²) in [4.78, 5) is 0. The lowest BCUT2D eigenvalue weighted by atomic mass is 9.95. The van der Waals surface area contributed by atoms with Crippen LogP contribution in [-0.2, 0) is 11.3 Å². The highest BCUT2D eigenvalue weighted by atomic mass is 127. The van der Waals surface area contributed by atoms with Crippen molar-refractivity contribution < 1.29 is 9.84 Å². The van der Waals surface area contributed by atoms with E-state index in [9.17, 15) is 5.11 Å². The molecule has 0 bridgehead atoms. The molecule has 3 heteroatoms. The lowest BCUT2D eigenvalue weighted by molar-refractivity contribution is -0.0118. The number of hydrogen-bond acceptors (Lipinski definition) is 2. The fraction of sp³-hybridized carbons (Fsp3) is 0.538. The monoisotopic (exact) mass is 332 g/mol. The molecule has 2 nitrogen and oxygen atoms in total. The van der Waals surface area contributed by atoms with Gasteiger partial charge in [0.15, 0.2) is 0 Å². The van der Waals surface area contributed by atoms with Crippen LogP contribution >= 0.6 is 22.6 Å². The number of rotatable bonds is 3. The summed E-state index contributed by atoms with van der Waals surface area (Å²) >= 11 is 2.30. The molecule has 1 saturated carbocycles. The van der Waals surface area contributed by atoms with Crippen molar-refractivity contribution in [2.75, 3.05) is 0 Å². The molecule has 0 aliphatic heterocycles. The average Bonchev–Trinajstić information content (AvgIpc) is 2.30. The van der Waals surface area contributed by atoms with Gasteiger partial charge in [0.2, 0.25) is 0 Å². The van der Waals surface area contributed by atoms with Crippen molar-refractivity contribution in [2.45, 2.75) is 44.5 Å². The molecule has 1 N–H and O–H groups in total. The van der Waals surface area contributed by atoms with Crippen LogP contribution in [0.25, 0.3) is 0 Å². The quantitative estimate of drug-likeness (QED) is 0.862. The third-order valence-corrected chi connectivity index (χ3v) is 3.76. The Morgan fingerprint density at radius 1 is 1.12 bits per heavy atom. The van der Waals surface area contributed by atoms with Gasteiger partial charge in [0.05, 0.1) is 18.8 Å². The fourth-order valence-corrected chi connectivity index (χ4v) is 2.37. The molecule has 0 aromatic heterocycles. The van der Waals surface area contributed by atoms with Crippen molar-refractivity contribution in [1.29, 1.82) is 0 Å². The zero-order valence-electron chi connectivity index (χ0n) is 9.23. The zero-order valence-corrected chi connectivity index (χ0v) is 11.4. The molecular formula is C13H17IO2. The van der Waals surface area contributed by atoms with Gasteiger partial charge in [0.1, 0.15) is 0 Å². The predicted octanol–water partition coefficient (Wildman–Crippen LogP) is 3.11. The Hall–Kier alpha value is -0.130. The smallest absolute Gasteiger partial charge is 0.0720 e. The Morgan fingerprint density at radius 3 is 2.38 bits per heavy atom. The van der Waals surface area contributed by atoms with Gasteiger partial charge in [-0.1, -0.05) is 12.1 Å². The number of benzene rings is 1. The summed E-state index contributed by atoms with van der Waals surface area (Å²) < 4.78 is 7.10. The van der Waals surface area contributed by atoms with Crippen LogP contribution in [0.2, 0.25) is 0 Å². The summed E-state index contributed by atoms with van der Waals surface area (Å²) in [5, 5.41) is 9.39. The Morgan fingerprint density at radius 2 is 1.75 bits per heavy atom. The second-order valence-corrected chi connectivity index (χ2v) is 5.61. The maximum absolute atomic E-state index is 9.39. The molecule has 0 amide bonds. The molecule has 16 heavy (non-hydrogen) atoms. The molecule has 1 aromatic carbocycles. The highest BCUT2D eigenvalue weighted by Crippen LogP contribution is 2.22. The van der Waals surface area contributed by atoms with Crippen LogP contribution in [-0.4, -0.2) is 17.3 Å². The van der Waals surface area contributed by atoms with Crippen molar-refractivity contribution in [2.24, 2.45) is 0 Å². The molecule has 1 aromatic rings. The second-order valence-electron chi connectivity index (χ2n) is 4.37. The standard InChI is InChI=1S/C13H17IO2/c14-11-3-1-10(2-4-11)9-16-13-7-5-12(15)6-8-13/h1-4,12-13,15H,5-9H2. The minimum Gasteiger partial charge on any atom is -0.393 e. The third-order valence-electron chi connectivity index (χ3n) is 3.04. The molecule has 1 aliphatic rings. The van der Waals surface area contributed by atoms with Gasteiger partial charge in [0.25, 0.3) is 0 Å². The molecule has 1 fully saturated rings. The summed E-state index contributed by atoms with van der Waals surface area (Å²) in [5.41, 5.74) is 1.23. The maximum Gasteiger partial charge on any atom is 0.0720 e. The van der Waals surface area contributed by atoms with Crippen molar-refractivity contribution in [3.8, 4) is 0 Å². The Labute approximate surface area is 110 Å². The van der Waals surface area contributed by atoms with Gasteiger partial charge in [0, 0.05) is 3.57 Å². The van der Waals surface area contributed by atoms with Crippen LogP contribution in [0.1, 0.15) is 31.2 Å². The summed E-state index contributed by atoms with van der Waals surface area (Å²) in [6, 6.07) is 8.42. The van der Waals surface area contributed by atoms with Crippen LogP contribution in [0.4, 0.5) is 0 Å². The van der Waals surface area contributed by atoms with Gasteiger partial charge < -0.3 is 9.84 Å². The van der Waals surface area contributed by atoms with Gasteiger partial charge in [-0.2, -0.15) is 0 Å². The molecule has 0 spiro atoms. The topological polar surface area (TPSA) is 29.5 Å². The number of hydrogen-bond donors (Lipinski definition) is 1. The van der Waals surface area contributed by atoms with E-state index in [1.54, 1.807) is 0 Å². The molecule has 0 radical (unpaired) electrons. The van der Waals surface area contributed by atoms with Crippen LogP contribution in [0.5, 0.6) is 0 Å². The molecule has 1 aliphatic carbocycles. The van der Waals surface area contributed by atoms with E-state index in [1.807, 2.05) is 0 Å². The lowest BCUT2D eigenvalue weighted by Gasteiger charge is -2.25. The van der Waals surface area contributed by atoms with E-state index >= 15 is 0 Å². The molecule has 0 atom stereocenters. The summed E-state index contributed by atoms with van der Waals surface area (Å²) in [7, 11) is 0. The Bertz CT molecular complexity index is 315. The van der Waals surface area contributed by atoms with E-state index in [0.29, 0.717) is 12.7 Å². The van der Waals surface area contributed by atoms with Gasteiger partial charge >= 0.3 is 0 Å². The minimum absolute atomic E-state index is 0.0989. The van der Waals surface area contributed by atoms with Crippen LogP contribution in [0.3, 0.4) is 0 Å². The first-order chi connectivity index (χ1) is 7.74. The van der Waals surface area contributed by atoms with E-state index in [-0.39, 0.29) is 6.10 Å². The summed E-state index contributed by atoms with van der Waals surface area (Å²) in [5.74, 6) is 0. The number of halogens is 1. The van der Waals surface area contributed by atoms with Crippen LogP contribution in [0, 0.1) is 3.57 Å². The van der Waals surface area contributed by atoms with Crippen LogP contribution in [0.15, 0.2) is 24.3 Å². The van der Waals surface area contributed by atoms with E-state index in [2.05, 4.69) is 46.9 Å². The normalized spacial score (nSPS) is 25.6. The zero-order chi connectivity index (χ0) is 11.4. The second kappa shape index (κ2) is 5.98. The van der Waals surface area contributed by atoms with Crippen LogP contribution < -0.4 is 0 Å². The SMILES string of the molecule is OC1CCC(OCc2ccc(I)cc2)CC1. The molecule has 0 saturated heterocycles. The molecule has 2 rings (SSSR count). The highest BCUT2D eigenvalue weighted by Gasteiger charge is 2.19. The Balaban J connectivity index is 1.77. The van der Waals surface area contributed by atoms with E-state index in [1.165, 1.54) is 9.13 Å². The number of aliphatic hydroxyl groups is 1. The van der Waals surface area contributed by atoms with Crippen molar-refractivity contribution in [3.05, 3.63) is 33.4 Å². The van der Waals surface area contributed by atoms with E-state index in [0.717, 1.165) is 25.7 Å². The average molecular weight is 332 g/mol. The summed E-state index contributed by atoms with van der Waals surface area (Å²) in [6.45, 7) is 0.692. The fourth-order valence-electron chi connectivity index (χ4n) is 2.01. The van der Waals surface area contributed by atoms with Gasteiger partial charge in [-0.05, 0) is 66.0 Å². The first kappa shape index (κ1) is 12.3. The van der Waals surface area contributed by atoms with E-state index in [4.69, 9.17) is 4.74 Å². The first-order valence-electron chi connectivity index (χ1n) is 5.78. The van der Waals surface area contributed by atoms with E-state index < -0.39 is 0 Å². The molecule has 88 valence electrons. The lowest BCUT2D eigenvalue weighted by Crippen LogP contribution is -2.24. The number of ether oxygens (including phenoxy) is 1. The highest BCUT2D eigenvalue weighted by molar-refractivity contribution is 14.1. The Kier molecular flexibility index (Phi) is 4.61. The molecule has 0 heterocycles. The number of aliphatic hydroxyl groups excluding tert-OH is 1. The van der Waals surface area contributed by atoms with Gasteiger partial charge in [-0.25, -0.2) is 0 Å². The maximum atomic E-state index is 9.39. The third kappa shape index (κ3) is 3.71. The van der Waals surface area contributed by atoms with Crippen molar-refractivity contribution in [3.63, 3.8) is 0 Å². The minimum atomic E-state index is -0.0989. The molecule has 0 unspecified atom stereocenters. The van der Waals surface area contributed by atoms with Gasteiger partial charge in [-0.15, -0.1) is 0 Å². The largest absolute Gasteiger partial charge is 0.393 e. The first-order valence-corrected chi connectivity index (χ1v) is 6.86. The summed E-state index contributed by atoms with van der Waals surface area (Å²) in [6.07, 6.45) is 3.99. The van der Waals surface area contributed by atoms with Gasteiger partial charge in [-0.3, -0.25) is 0 Å².